The minimum atomic E-state index is -1.23. The predicted molar refractivity (Wildman–Crippen MR) is 77.7 cm³/mol. The number of carbonyl (C=O) groups excluding carboxylic acids is 1. The summed E-state index contributed by atoms with van der Waals surface area (Å²) in [6.45, 7) is 0.356. The molecular formula is C13H13N3O4S. The van der Waals surface area contributed by atoms with Crippen molar-refractivity contribution < 1.29 is 19.8 Å². The number of carbonyl (C=O) groups is 2. The molecule has 0 aliphatic carbocycles. The summed E-state index contributed by atoms with van der Waals surface area (Å²) < 4.78 is 0. The zero-order valence-corrected chi connectivity index (χ0v) is 11.9. The Bertz CT molecular complexity index is 657. The predicted octanol–water partition coefficient (Wildman–Crippen LogP) is 2.21. The highest BCUT2D eigenvalue weighted by Crippen LogP contribution is 2.22. The molecular weight excluding hydrogens is 294 g/mol. The lowest BCUT2D eigenvalue weighted by atomic mass is 10.2. The number of amides is 2. The number of nitrogens with one attached hydrogen (secondary N) is 1. The van der Waals surface area contributed by atoms with Crippen LogP contribution in [-0.2, 0) is 6.54 Å². The summed E-state index contributed by atoms with van der Waals surface area (Å²) in [5.41, 5.74) is 2.56. The number of thiazole rings is 1. The maximum atomic E-state index is 12.0. The third-order valence-electron chi connectivity index (χ3n) is 2.71. The zero-order valence-electron chi connectivity index (χ0n) is 11.1. The number of urea groups is 1. The molecule has 0 aliphatic heterocycles. The molecule has 2 rings (SSSR count). The fraction of sp³-hybridized carbons (Fsp3) is 0.154. The summed E-state index contributed by atoms with van der Waals surface area (Å²) in [5, 5.41) is 22.8. The molecule has 1 aromatic heterocycles. The molecule has 0 aliphatic rings. The van der Waals surface area contributed by atoms with Crippen LogP contribution in [0.15, 0.2) is 29.1 Å². The van der Waals surface area contributed by atoms with E-state index < -0.39 is 11.7 Å². The van der Waals surface area contributed by atoms with Gasteiger partial charge in [0.1, 0.15) is 11.3 Å². The van der Waals surface area contributed by atoms with Crippen LogP contribution in [0, 0.1) is 0 Å². The van der Waals surface area contributed by atoms with Crippen LogP contribution in [0.1, 0.15) is 16.1 Å². The fourth-order valence-corrected chi connectivity index (χ4v) is 2.19. The van der Waals surface area contributed by atoms with Gasteiger partial charge in [0.05, 0.1) is 17.7 Å². The average molecular weight is 307 g/mol. The fourth-order valence-electron chi connectivity index (χ4n) is 1.64. The molecule has 0 saturated heterocycles. The third-order valence-corrected chi connectivity index (χ3v) is 3.34. The number of aromatic carboxylic acids is 1. The second kappa shape index (κ2) is 6.23. The molecule has 8 heteroatoms. The van der Waals surface area contributed by atoms with E-state index >= 15 is 0 Å². The number of aromatic nitrogens is 1. The summed E-state index contributed by atoms with van der Waals surface area (Å²) in [5.74, 6) is -1.63. The Labute approximate surface area is 124 Å². The molecule has 0 radical (unpaired) electrons. The molecule has 110 valence electrons. The normalized spacial score (nSPS) is 10.1. The number of aromatic hydroxyl groups is 1. The van der Waals surface area contributed by atoms with Gasteiger partial charge in [-0.15, -0.1) is 11.3 Å². The second-order valence-electron chi connectivity index (χ2n) is 4.30. The van der Waals surface area contributed by atoms with E-state index in [2.05, 4.69) is 10.3 Å². The first kappa shape index (κ1) is 14.8. The van der Waals surface area contributed by atoms with Crippen LogP contribution >= 0.6 is 11.3 Å². The first-order valence-corrected chi connectivity index (χ1v) is 6.87. The Morgan fingerprint density at radius 1 is 1.43 bits per heavy atom. The quantitative estimate of drug-likeness (QED) is 0.803. The van der Waals surface area contributed by atoms with Crippen molar-refractivity contribution >= 4 is 29.0 Å². The molecule has 2 amide bonds. The van der Waals surface area contributed by atoms with Gasteiger partial charge in [-0.1, -0.05) is 0 Å². The number of carboxylic acid groups (broad SMARTS) is 1. The van der Waals surface area contributed by atoms with Gasteiger partial charge in [-0.2, -0.15) is 0 Å². The van der Waals surface area contributed by atoms with Gasteiger partial charge in [-0.3, -0.25) is 0 Å². The van der Waals surface area contributed by atoms with E-state index in [0.717, 1.165) is 5.69 Å². The first-order valence-electron chi connectivity index (χ1n) is 5.93. The van der Waals surface area contributed by atoms with Gasteiger partial charge in [0.2, 0.25) is 0 Å². The van der Waals surface area contributed by atoms with Gasteiger partial charge in [-0.25, -0.2) is 14.6 Å². The SMILES string of the molecule is CN(Cc1cscn1)C(=O)Nc1ccc(C(=O)O)c(O)c1. The van der Waals surface area contributed by atoms with Crippen molar-refractivity contribution in [2.45, 2.75) is 6.54 Å². The van der Waals surface area contributed by atoms with Crippen LogP contribution in [0.4, 0.5) is 10.5 Å². The molecule has 21 heavy (non-hydrogen) atoms. The molecule has 0 atom stereocenters. The van der Waals surface area contributed by atoms with E-state index in [1.54, 1.807) is 12.6 Å². The Kier molecular flexibility index (Phi) is 4.39. The van der Waals surface area contributed by atoms with Crippen LogP contribution < -0.4 is 5.32 Å². The van der Waals surface area contributed by atoms with Crippen molar-refractivity contribution in [1.29, 1.82) is 0 Å². The molecule has 0 bridgehead atoms. The Balaban J connectivity index is 2.02. The molecule has 1 aromatic carbocycles. The maximum absolute atomic E-state index is 12.0. The highest BCUT2D eigenvalue weighted by atomic mass is 32.1. The molecule has 0 unspecified atom stereocenters. The number of phenols is 1. The largest absolute Gasteiger partial charge is 0.507 e. The Morgan fingerprint density at radius 2 is 2.19 bits per heavy atom. The van der Waals surface area contributed by atoms with Gasteiger partial charge >= 0.3 is 12.0 Å². The monoisotopic (exact) mass is 307 g/mol. The van der Waals surface area contributed by atoms with E-state index in [4.69, 9.17) is 5.11 Å². The maximum Gasteiger partial charge on any atom is 0.339 e. The van der Waals surface area contributed by atoms with E-state index in [0.29, 0.717) is 12.2 Å². The van der Waals surface area contributed by atoms with Crippen LogP contribution in [0.2, 0.25) is 0 Å². The van der Waals surface area contributed by atoms with Crippen molar-refractivity contribution in [3.63, 3.8) is 0 Å². The molecule has 2 aromatic rings. The summed E-state index contributed by atoms with van der Waals surface area (Å²) in [4.78, 5) is 28.3. The Hall–Kier alpha value is -2.61. The average Bonchev–Trinajstić information content (AvgIpc) is 2.91. The van der Waals surface area contributed by atoms with Gasteiger partial charge in [0.15, 0.2) is 0 Å². The Morgan fingerprint density at radius 3 is 2.76 bits per heavy atom. The number of nitrogens with zero attached hydrogens (tertiary/aromatic N) is 2. The summed E-state index contributed by atoms with van der Waals surface area (Å²) in [6.07, 6.45) is 0. The number of rotatable bonds is 4. The lowest BCUT2D eigenvalue weighted by Crippen LogP contribution is -2.30. The van der Waals surface area contributed by atoms with Crippen LogP contribution in [0.5, 0.6) is 5.75 Å². The van der Waals surface area contributed by atoms with Gasteiger partial charge in [-0.05, 0) is 12.1 Å². The van der Waals surface area contributed by atoms with Crippen molar-refractivity contribution in [2.75, 3.05) is 12.4 Å². The third kappa shape index (κ3) is 3.69. The zero-order chi connectivity index (χ0) is 15.4. The highest BCUT2D eigenvalue weighted by Gasteiger charge is 2.13. The number of anilines is 1. The number of hydrogen-bond donors (Lipinski definition) is 3. The van der Waals surface area contributed by atoms with E-state index in [1.165, 1.54) is 34.4 Å². The number of benzene rings is 1. The van der Waals surface area contributed by atoms with Crippen LogP contribution in [0.3, 0.4) is 0 Å². The molecule has 0 fully saturated rings. The van der Waals surface area contributed by atoms with Crippen molar-refractivity contribution in [3.05, 3.63) is 40.3 Å². The van der Waals surface area contributed by atoms with Crippen LogP contribution in [-0.4, -0.2) is 39.1 Å². The lowest BCUT2D eigenvalue weighted by molar-refractivity contribution is 0.0694. The van der Waals surface area contributed by atoms with Crippen molar-refractivity contribution in [1.82, 2.24) is 9.88 Å². The first-order chi connectivity index (χ1) is 9.97. The van der Waals surface area contributed by atoms with E-state index in [-0.39, 0.29) is 11.6 Å². The molecule has 3 N–H and O–H groups in total. The summed E-state index contributed by atoms with van der Waals surface area (Å²) in [7, 11) is 1.61. The smallest absolute Gasteiger partial charge is 0.339 e. The molecule has 7 nitrogen and oxygen atoms in total. The highest BCUT2D eigenvalue weighted by molar-refractivity contribution is 7.07. The molecule has 0 spiro atoms. The standard InChI is InChI=1S/C13H13N3O4S/c1-16(5-9-6-21-7-14-9)13(20)15-8-2-3-10(12(18)19)11(17)4-8/h2-4,6-7,17H,5H2,1H3,(H,15,20)(H,18,19). The summed E-state index contributed by atoms with van der Waals surface area (Å²) in [6, 6.07) is 3.45. The van der Waals surface area contributed by atoms with E-state index in [9.17, 15) is 14.7 Å². The minimum absolute atomic E-state index is 0.219. The van der Waals surface area contributed by atoms with Gasteiger partial charge < -0.3 is 20.4 Å². The van der Waals surface area contributed by atoms with Gasteiger partial charge in [0.25, 0.3) is 0 Å². The van der Waals surface area contributed by atoms with Crippen molar-refractivity contribution in [3.8, 4) is 5.75 Å². The molecule has 1 heterocycles. The number of carboxylic acids is 1. The minimum Gasteiger partial charge on any atom is -0.507 e. The van der Waals surface area contributed by atoms with Crippen molar-refractivity contribution in [2.24, 2.45) is 0 Å². The van der Waals surface area contributed by atoms with Gasteiger partial charge in [0, 0.05) is 24.2 Å². The number of hydrogen-bond acceptors (Lipinski definition) is 5. The topological polar surface area (TPSA) is 103 Å². The van der Waals surface area contributed by atoms with E-state index in [1.807, 2.05) is 5.38 Å². The van der Waals surface area contributed by atoms with Crippen LogP contribution in [0.25, 0.3) is 0 Å². The second-order valence-corrected chi connectivity index (χ2v) is 5.02. The summed E-state index contributed by atoms with van der Waals surface area (Å²) >= 11 is 1.45. The molecule has 0 saturated carbocycles. The lowest BCUT2D eigenvalue weighted by Gasteiger charge is -2.17.